The first-order valence-corrected chi connectivity index (χ1v) is 9.05. The molecule has 138 valence electrons. The van der Waals surface area contributed by atoms with E-state index in [9.17, 15) is 4.79 Å². The fraction of sp³-hybridized carbons (Fsp3) is 0.722. The summed E-state index contributed by atoms with van der Waals surface area (Å²) < 4.78 is 0. The van der Waals surface area contributed by atoms with E-state index in [4.69, 9.17) is 5.11 Å². The fourth-order valence-corrected chi connectivity index (χ4v) is 3.48. The van der Waals surface area contributed by atoms with Crippen LogP contribution in [0.15, 0.2) is 0 Å². The van der Waals surface area contributed by atoms with Gasteiger partial charge in [0.1, 0.15) is 5.82 Å². The molecule has 25 heavy (non-hydrogen) atoms. The van der Waals surface area contributed by atoms with Crippen molar-refractivity contribution >= 4 is 11.7 Å². The van der Waals surface area contributed by atoms with E-state index in [1.807, 2.05) is 13.8 Å². The zero-order valence-corrected chi connectivity index (χ0v) is 15.7. The van der Waals surface area contributed by atoms with Crippen LogP contribution in [0.2, 0.25) is 0 Å². The maximum absolute atomic E-state index is 12.6. The molecule has 2 N–H and O–H groups in total. The van der Waals surface area contributed by atoms with Crippen LogP contribution >= 0.6 is 0 Å². The monoisotopic (exact) mass is 347 g/mol. The van der Waals surface area contributed by atoms with Gasteiger partial charge in [-0.3, -0.25) is 4.79 Å². The summed E-state index contributed by atoms with van der Waals surface area (Å²) in [6.07, 6.45) is 3.50. The molecule has 2 fully saturated rings. The number of rotatable bonds is 6. The van der Waals surface area contributed by atoms with Gasteiger partial charge in [0.2, 0.25) is 5.82 Å². The van der Waals surface area contributed by atoms with Crippen LogP contribution in [0.4, 0.5) is 5.82 Å². The van der Waals surface area contributed by atoms with E-state index < -0.39 is 0 Å². The third kappa shape index (κ3) is 3.77. The average Bonchev–Trinajstić information content (AvgIpc) is 3.12. The van der Waals surface area contributed by atoms with E-state index in [0.717, 1.165) is 49.4 Å². The summed E-state index contributed by atoms with van der Waals surface area (Å²) in [6, 6.07) is 0.506. The number of anilines is 1. The smallest absolute Gasteiger partial charge is 0.289 e. The van der Waals surface area contributed by atoms with E-state index in [-0.39, 0.29) is 23.9 Å². The Labute approximate surface area is 149 Å². The van der Waals surface area contributed by atoms with Gasteiger partial charge in [-0.15, -0.1) is 0 Å². The topological polar surface area (TPSA) is 81.6 Å². The molecule has 0 unspecified atom stereocenters. The number of hydrogen-bond acceptors (Lipinski definition) is 6. The molecule has 2 aliphatic rings. The maximum atomic E-state index is 12.6. The molecule has 7 heteroatoms. The lowest BCUT2D eigenvalue weighted by Crippen LogP contribution is -2.39. The highest BCUT2D eigenvalue weighted by Crippen LogP contribution is 2.38. The van der Waals surface area contributed by atoms with Crippen molar-refractivity contribution in [3.05, 3.63) is 17.1 Å². The Bertz CT molecular complexity index is 657. The van der Waals surface area contributed by atoms with Gasteiger partial charge in [0.25, 0.3) is 5.91 Å². The van der Waals surface area contributed by atoms with Gasteiger partial charge in [-0.2, -0.15) is 0 Å². The molecule has 1 amide bonds. The molecule has 1 aliphatic carbocycles. The van der Waals surface area contributed by atoms with Gasteiger partial charge in [-0.05, 0) is 53.6 Å². The second kappa shape index (κ2) is 6.88. The normalized spacial score (nSPS) is 21.7. The SMILES string of the molecule is Cc1nc(C(=O)NC2(CCO)CC2)nc(N2CC[C@@H](N(C)C)C2)c1C. The third-order valence-corrected chi connectivity index (χ3v) is 5.58. The molecule has 0 spiro atoms. The minimum Gasteiger partial charge on any atom is -0.396 e. The second-order valence-corrected chi connectivity index (χ2v) is 7.64. The summed E-state index contributed by atoms with van der Waals surface area (Å²) >= 11 is 0. The zero-order chi connectivity index (χ0) is 18.2. The highest BCUT2D eigenvalue weighted by molar-refractivity contribution is 5.91. The number of likely N-dealkylation sites (N-methyl/N-ethyl adjacent to an activating group) is 1. The highest BCUT2D eigenvalue weighted by atomic mass is 16.3. The standard InChI is InChI=1S/C18H29N5O2/c1-12-13(2)19-15(17(25)21-18(6-7-18)8-10-24)20-16(12)23-9-5-14(11-23)22(3)4/h14,24H,5-11H2,1-4H3,(H,21,25)/t14-/m1/s1. The lowest BCUT2D eigenvalue weighted by Gasteiger charge is -2.23. The Morgan fingerprint density at radius 3 is 2.64 bits per heavy atom. The molecule has 1 saturated heterocycles. The van der Waals surface area contributed by atoms with E-state index in [1.165, 1.54) is 0 Å². The molecule has 7 nitrogen and oxygen atoms in total. The largest absolute Gasteiger partial charge is 0.396 e. The van der Waals surface area contributed by atoms with Crippen molar-refractivity contribution in [3.63, 3.8) is 0 Å². The van der Waals surface area contributed by atoms with Crippen LogP contribution < -0.4 is 10.2 Å². The summed E-state index contributed by atoms with van der Waals surface area (Å²) in [5, 5.41) is 12.2. The molecule has 2 heterocycles. The van der Waals surface area contributed by atoms with Crippen LogP contribution in [0.5, 0.6) is 0 Å². The zero-order valence-electron chi connectivity index (χ0n) is 15.7. The summed E-state index contributed by atoms with van der Waals surface area (Å²) in [5.74, 6) is 0.864. The Kier molecular flexibility index (Phi) is 4.97. The quantitative estimate of drug-likeness (QED) is 0.795. The van der Waals surface area contributed by atoms with Crippen LogP contribution in [0.3, 0.4) is 0 Å². The number of nitrogens with zero attached hydrogens (tertiary/aromatic N) is 4. The van der Waals surface area contributed by atoms with E-state index >= 15 is 0 Å². The van der Waals surface area contributed by atoms with Crippen molar-refractivity contribution in [1.82, 2.24) is 20.2 Å². The summed E-state index contributed by atoms with van der Waals surface area (Å²) in [4.78, 5) is 26.1. The second-order valence-electron chi connectivity index (χ2n) is 7.64. The van der Waals surface area contributed by atoms with Gasteiger partial charge in [0, 0.05) is 42.5 Å². The van der Waals surface area contributed by atoms with Gasteiger partial charge >= 0.3 is 0 Å². The number of aromatic nitrogens is 2. The fourth-order valence-electron chi connectivity index (χ4n) is 3.48. The Balaban J connectivity index is 1.80. The molecule has 1 aromatic heterocycles. The molecule has 0 bridgehead atoms. The molecule has 3 rings (SSSR count). The van der Waals surface area contributed by atoms with Crippen LogP contribution in [0.25, 0.3) is 0 Å². The van der Waals surface area contributed by atoms with Crippen molar-refractivity contribution < 1.29 is 9.90 Å². The Morgan fingerprint density at radius 1 is 1.36 bits per heavy atom. The Morgan fingerprint density at radius 2 is 2.08 bits per heavy atom. The first kappa shape index (κ1) is 18.1. The van der Waals surface area contributed by atoms with E-state index in [0.29, 0.717) is 12.5 Å². The maximum Gasteiger partial charge on any atom is 0.289 e. The molecule has 1 aliphatic heterocycles. The van der Waals surface area contributed by atoms with Crippen molar-refractivity contribution in [2.45, 2.75) is 51.1 Å². The van der Waals surface area contributed by atoms with E-state index in [2.05, 4.69) is 39.2 Å². The van der Waals surface area contributed by atoms with Crippen molar-refractivity contribution in [3.8, 4) is 0 Å². The number of carbonyl (C=O) groups excluding carboxylic acids is 1. The average molecular weight is 347 g/mol. The molecular weight excluding hydrogens is 318 g/mol. The lowest BCUT2D eigenvalue weighted by molar-refractivity contribution is 0.0912. The van der Waals surface area contributed by atoms with Crippen LogP contribution in [-0.4, -0.2) is 71.3 Å². The van der Waals surface area contributed by atoms with Crippen molar-refractivity contribution in [2.75, 3.05) is 38.7 Å². The predicted octanol–water partition coefficient (Wildman–Crippen LogP) is 0.879. The number of aliphatic hydroxyl groups is 1. The van der Waals surface area contributed by atoms with Crippen LogP contribution in [0.1, 0.15) is 47.6 Å². The van der Waals surface area contributed by atoms with E-state index in [1.54, 1.807) is 0 Å². The first-order chi connectivity index (χ1) is 11.8. The van der Waals surface area contributed by atoms with Crippen LogP contribution in [-0.2, 0) is 0 Å². The molecule has 1 atom stereocenters. The Hall–Kier alpha value is -1.73. The number of aliphatic hydroxyl groups excluding tert-OH is 1. The number of hydrogen-bond donors (Lipinski definition) is 2. The van der Waals surface area contributed by atoms with Gasteiger partial charge in [-0.25, -0.2) is 9.97 Å². The summed E-state index contributed by atoms with van der Waals surface area (Å²) in [6.45, 7) is 5.88. The minimum absolute atomic E-state index is 0.0824. The number of aryl methyl sites for hydroxylation is 1. The van der Waals surface area contributed by atoms with Crippen molar-refractivity contribution in [2.24, 2.45) is 0 Å². The molecular formula is C18H29N5O2. The molecule has 0 radical (unpaired) electrons. The summed E-state index contributed by atoms with van der Waals surface area (Å²) in [7, 11) is 4.20. The number of carbonyl (C=O) groups is 1. The van der Waals surface area contributed by atoms with Crippen molar-refractivity contribution in [1.29, 1.82) is 0 Å². The summed E-state index contributed by atoms with van der Waals surface area (Å²) in [5.41, 5.74) is 1.63. The highest BCUT2D eigenvalue weighted by Gasteiger charge is 2.44. The van der Waals surface area contributed by atoms with Gasteiger partial charge in [0.15, 0.2) is 0 Å². The molecule has 1 saturated carbocycles. The number of nitrogens with one attached hydrogen (secondary N) is 1. The minimum atomic E-state index is -0.252. The third-order valence-electron chi connectivity index (χ3n) is 5.58. The van der Waals surface area contributed by atoms with Gasteiger partial charge in [0.05, 0.1) is 0 Å². The lowest BCUT2D eigenvalue weighted by atomic mass is 10.2. The number of amides is 1. The predicted molar refractivity (Wildman–Crippen MR) is 96.9 cm³/mol. The molecule has 1 aromatic rings. The van der Waals surface area contributed by atoms with Crippen LogP contribution in [0, 0.1) is 13.8 Å². The molecule has 0 aromatic carbocycles. The van der Waals surface area contributed by atoms with Gasteiger partial charge < -0.3 is 20.2 Å². The first-order valence-electron chi connectivity index (χ1n) is 9.05. The van der Waals surface area contributed by atoms with Gasteiger partial charge in [-0.1, -0.05) is 0 Å².